The van der Waals surface area contributed by atoms with E-state index in [1.54, 1.807) is 44.3 Å². The Morgan fingerprint density at radius 2 is 2.11 bits per heavy atom. The number of hydrogen-bond donors (Lipinski definition) is 0. The van der Waals surface area contributed by atoms with Crippen LogP contribution >= 0.6 is 0 Å². The van der Waals surface area contributed by atoms with Gasteiger partial charge in [0.25, 0.3) is 0 Å². The summed E-state index contributed by atoms with van der Waals surface area (Å²) in [5, 5.41) is 0. The summed E-state index contributed by atoms with van der Waals surface area (Å²) < 4.78 is 18.8. The van der Waals surface area contributed by atoms with Crippen molar-refractivity contribution in [1.29, 1.82) is 0 Å². The minimum absolute atomic E-state index is 0.0530. The number of halogens is 1. The van der Waals surface area contributed by atoms with Crippen molar-refractivity contribution >= 4 is 5.97 Å². The van der Waals surface area contributed by atoms with Gasteiger partial charge in [0.15, 0.2) is 0 Å². The number of aromatic nitrogens is 1. The maximum atomic E-state index is 13.6. The number of ether oxygens (including phenoxy) is 1. The highest BCUT2D eigenvalue weighted by molar-refractivity contribution is 5.90. The van der Waals surface area contributed by atoms with E-state index in [9.17, 15) is 9.18 Å². The summed E-state index contributed by atoms with van der Waals surface area (Å²) in [5.74, 6) is -1.26. The molecule has 1 atom stereocenters. The molecule has 0 saturated heterocycles. The smallest absolute Gasteiger partial charge is 0.341 e. The Balaban J connectivity index is 2.15. The summed E-state index contributed by atoms with van der Waals surface area (Å²) in [4.78, 5) is 16.0. The van der Waals surface area contributed by atoms with E-state index in [-0.39, 0.29) is 5.56 Å². The van der Waals surface area contributed by atoms with Crippen LogP contribution in [0.1, 0.15) is 34.6 Å². The number of hydrogen-bond acceptors (Lipinski definition) is 3. The van der Waals surface area contributed by atoms with E-state index in [0.29, 0.717) is 5.69 Å². The lowest BCUT2D eigenvalue weighted by atomic mass is 10.1. The Kier molecular flexibility index (Phi) is 3.90. The van der Waals surface area contributed by atoms with E-state index in [0.717, 1.165) is 5.56 Å². The van der Waals surface area contributed by atoms with E-state index >= 15 is 0 Å². The molecule has 98 valence electrons. The first-order valence-corrected chi connectivity index (χ1v) is 5.96. The molecule has 0 radical (unpaired) electrons. The van der Waals surface area contributed by atoms with Crippen LogP contribution in [0.5, 0.6) is 0 Å². The first-order chi connectivity index (χ1) is 9.08. The van der Waals surface area contributed by atoms with Crippen LogP contribution in [0.4, 0.5) is 4.39 Å². The van der Waals surface area contributed by atoms with Gasteiger partial charge in [-0.25, -0.2) is 9.18 Å². The predicted octanol–water partition coefficient (Wildman–Crippen LogP) is 3.45. The summed E-state index contributed by atoms with van der Waals surface area (Å²) in [6.07, 6.45) is 1.10. The van der Waals surface area contributed by atoms with Crippen LogP contribution in [0.25, 0.3) is 0 Å². The topological polar surface area (TPSA) is 39.2 Å². The summed E-state index contributed by atoms with van der Waals surface area (Å²) in [6.45, 7) is 3.49. The van der Waals surface area contributed by atoms with E-state index < -0.39 is 17.9 Å². The van der Waals surface area contributed by atoms with E-state index in [4.69, 9.17) is 4.74 Å². The Hall–Kier alpha value is -2.23. The highest BCUT2D eigenvalue weighted by Gasteiger charge is 2.17. The fourth-order valence-electron chi connectivity index (χ4n) is 1.70. The third-order valence-electron chi connectivity index (χ3n) is 2.73. The molecule has 1 heterocycles. The molecule has 3 nitrogen and oxygen atoms in total. The summed E-state index contributed by atoms with van der Waals surface area (Å²) in [6, 6.07) is 9.68. The Morgan fingerprint density at radius 1 is 1.32 bits per heavy atom. The normalized spacial score (nSPS) is 11.9. The second-order valence-corrected chi connectivity index (χ2v) is 4.29. The van der Waals surface area contributed by atoms with E-state index in [1.807, 2.05) is 0 Å². The Labute approximate surface area is 111 Å². The van der Waals surface area contributed by atoms with Crippen molar-refractivity contribution in [1.82, 2.24) is 4.98 Å². The van der Waals surface area contributed by atoms with Gasteiger partial charge >= 0.3 is 5.97 Å². The predicted molar refractivity (Wildman–Crippen MR) is 69.2 cm³/mol. The zero-order chi connectivity index (χ0) is 13.8. The molecule has 1 aromatic heterocycles. The first kappa shape index (κ1) is 13.2. The fraction of sp³-hybridized carbons (Fsp3) is 0.200. The monoisotopic (exact) mass is 259 g/mol. The van der Waals surface area contributed by atoms with Gasteiger partial charge in [-0.15, -0.1) is 0 Å². The van der Waals surface area contributed by atoms with Gasteiger partial charge in [0.05, 0.1) is 11.3 Å². The lowest BCUT2D eigenvalue weighted by Gasteiger charge is -2.13. The largest absolute Gasteiger partial charge is 0.452 e. The van der Waals surface area contributed by atoms with Gasteiger partial charge in [-0.05, 0) is 38.1 Å². The molecule has 1 aromatic carbocycles. The molecule has 0 fully saturated rings. The van der Waals surface area contributed by atoms with Crippen LogP contribution in [0.3, 0.4) is 0 Å². The van der Waals surface area contributed by atoms with Crippen LogP contribution in [0, 0.1) is 12.7 Å². The molecular weight excluding hydrogens is 245 g/mol. The number of benzene rings is 1. The van der Waals surface area contributed by atoms with Gasteiger partial charge in [-0.3, -0.25) is 4.98 Å². The summed E-state index contributed by atoms with van der Waals surface area (Å²) >= 11 is 0. The van der Waals surface area contributed by atoms with Gasteiger partial charge in [0.2, 0.25) is 0 Å². The van der Waals surface area contributed by atoms with Crippen LogP contribution in [0.15, 0.2) is 42.6 Å². The van der Waals surface area contributed by atoms with Crippen LogP contribution in [-0.2, 0) is 4.74 Å². The Bertz CT molecular complexity index is 584. The maximum Gasteiger partial charge on any atom is 0.341 e. The average Bonchev–Trinajstić information content (AvgIpc) is 2.42. The van der Waals surface area contributed by atoms with Crippen molar-refractivity contribution in [3.05, 3.63) is 65.2 Å². The van der Waals surface area contributed by atoms with Crippen molar-refractivity contribution in [3.63, 3.8) is 0 Å². The number of carbonyl (C=O) groups excluding carboxylic acids is 1. The Morgan fingerprint density at radius 3 is 2.79 bits per heavy atom. The molecule has 0 saturated carbocycles. The molecule has 0 aliphatic rings. The molecular formula is C15H14FNO2. The number of nitrogens with zero attached hydrogens (tertiary/aromatic N) is 1. The maximum absolute atomic E-state index is 13.6. The standard InChI is InChI=1S/C15H14FNO2/c1-10-6-7-13(16)12(9-10)15(18)19-11(2)14-5-3-4-8-17-14/h3-9,11H,1-2H3/t11-/m1/s1. The average molecular weight is 259 g/mol. The number of pyridine rings is 1. The van der Waals surface area contributed by atoms with Gasteiger partial charge in [-0.1, -0.05) is 17.7 Å². The number of esters is 1. The third-order valence-corrected chi connectivity index (χ3v) is 2.73. The molecule has 0 aliphatic heterocycles. The molecule has 2 rings (SSSR count). The minimum Gasteiger partial charge on any atom is -0.452 e. The molecule has 4 heteroatoms. The molecule has 0 amide bonds. The second-order valence-electron chi connectivity index (χ2n) is 4.29. The highest BCUT2D eigenvalue weighted by atomic mass is 19.1. The SMILES string of the molecule is Cc1ccc(F)c(C(=O)O[C@H](C)c2ccccn2)c1. The minimum atomic E-state index is -0.681. The van der Waals surface area contributed by atoms with Crippen LogP contribution in [0.2, 0.25) is 0 Å². The van der Waals surface area contributed by atoms with Crippen molar-refractivity contribution < 1.29 is 13.9 Å². The molecule has 0 bridgehead atoms. The molecule has 0 unspecified atom stereocenters. The highest BCUT2D eigenvalue weighted by Crippen LogP contribution is 2.18. The first-order valence-electron chi connectivity index (χ1n) is 5.96. The zero-order valence-electron chi connectivity index (χ0n) is 10.8. The van der Waals surface area contributed by atoms with E-state index in [1.165, 1.54) is 12.1 Å². The van der Waals surface area contributed by atoms with Crippen molar-refractivity contribution in [3.8, 4) is 0 Å². The number of rotatable bonds is 3. The lowest BCUT2D eigenvalue weighted by molar-refractivity contribution is 0.0324. The third kappa shape index (κ3) is 3.16. The van der Waals surface area contributed by atoms with E-state index in [2.05, 4.69) is 4.98 Å². The van der Waals surface area contributed by atoms with Gasteiger partial charge in [-0.2, -0.15) is 0 Å². The van der Waals surface area contributed by atoms with Gasteiger partial charge in [0.1, 0.15) is 11.9 Å². The summed E-state index contributed by atoms with van der Waals surface area (Å²) in [5.41, 5.74) is 1.38. The van der Waals surface area contributed by atoms with Crippen molar-refractivity contribution in [2.24, 2.45) is 0 Å². The molecule has 0 spiro atoms. The molecule has 0 N–H and O–H groups in total. The van der Waals surface area contributed by atoms with Crippen LogP contribution < -0.4 is 0 Å². The molecule has 0 aliphatic carbocycles. The quantitative estimate of drug-likeness (QED) is 0.792. The molecule has 2 aromatic rings. The zero-order valence-corrected chi connectivity index (χ0v) is 10.8. The van der Waals surface area contributed by atoms with Gasteiger partial charge < -0.3 is 4.74 Å². The van der Waals surface area contributed by atoms with Gasteiger partial charge in [0, 0.05) is 6.20 Å². The lowest BCUT2D eigenvalue weighted by Crippen LogP contribution is -2.12. The molecule has 19 heavy (non-hydrogen) atoms. The van der Waals surface area contributed by atoms with Crippen molar-refractivity contribution in [2.45, 2.75) is 20.0 Å². The fourth-order valence-corrected chi connectivity index (χ4v) is 1.70. The number of aryl methyl sites for hydroxylation is 1. The summed E-state index contributed by atoms with van der Waals surface area (Å²) in [7, 11) is 0. The van der Waals surface area contributed by atoms with Crippen molar-refractivity contribution in [2.75, 3.05) is 0 Å². The number of carbonyl (C=O) groups is 1. The second kappa shape index (κ2) is 5.61. The van der Waals surface area contributed by atoms with Crippen LogP contribution in [-0.4, -0.2) is 11.0 Å².